The van der Waals surface area contributed by atoms with Crippen molar-refractivity contribution in [2.45, 2.75) is 102 Å². The topological polar surface area (TPSA) is 93.7 Å². The van der Waals surface area contributed by atoms with Crippen molar-refractivity contribution in [3.05, 3.63) is 59.2 Å². The van der Waals surface area contributed by atoms with Crippen LogP contribution >= 0.6 is 0 Å². The molecule has 3 atom stereocenters. The Labute approximate surface area is 228 Å². The number of nitrogens with one attached hydrogen (secondary N) is 2. The second-order valence-corrected chi connectivity index (χ2v) is 13.3. The SMILES string of the molecule is CCCC[C@]1(CC)CS(=O)(=O)c2cc(CN[C@@H](C)C(=O)OC(C)(C)C)c(OC)cc2[C@@H](c2ccccc2)N1. The molecule has 0 unspecified atom stereocenters. The molecule has 0 spiro atoms. The van der Waals surface area contributed by atoms with Crippen LogP contribution in [0.1, 0.15) is 90.0 Å². The van der Waals surface area contributed by atoms with Gasteiger partial charge < -0.3 is 14.8 Å². The number of esters is 1. The number of ether oxygens (including phenoxy) is 2. The lowest BCUT2D eigenvalue weighted by molar-refractivity contribution is -0.157. The highest BCUT2D eigenvalue weighted by molar-refractivity contribution is 7.91. The third-order valence-corrected chi connectivity index (χ3v) is 9.11. The van der Waals surface area contributed by atoms with Crippen LogP contribution in [0.4, 0.5) is 0 Å². The van der Waals surface area contributed by atoms with Gasteiger partial charge in [0.1, 0.15) is 17.4 Å². The van der Waals surface area contributed by atoms with E-state index in [-0.39, 0.29) is 24.3 Å². The van der Waals surface area contributed by atoms with E-state index in [1.807, 2.05) is 57.2 Å². The first-order valence-corrected chi connectivity index (χ1v) is 15.2. The monoisotopic (exact) mass is 544 g/mol. The van der Waals surface area contributed by atoms with Gasteiger partial charge in [0, 0.05) is 17.6 Å². The first kappa shape index (κ1) is 30.1. The van der Waals surface area contributed by atoms with Gasteiger partial charge in [-0.1, -0.05) is 57.0 Å². The summed E-state index contributed by atoms with van der Waals surface area (Å²) < 4.78 is 39.2. The Hall–Kier alpha value is -2.42. The lowest BCUT2D eigenvalue weighted by Gasteiger charge is -2.36. The molecule has 2 aromatic rings. The second kappa shape index (κ2) is 12.2. The molecule has 7 nitrogen and oxygen atoms in total. The van der Waals surface area contributed by atoms with E-state index in [4.69, 9.17) is 9.47 Å². The molecule has 0 aromatic heterocycles. The van der Waals surface area contributed by atoms with Crippen molar-refractivity contribution in [2.24, 2.45) is 0 Å². The highest BCUT2D eigenvalue weighted by atomic mass is 32.2. The molecule has 0 radical (unpaired) electrons. The molecule has 210 valence electrons. The van der Waals surface area contributed by atoms with Crippen molar-refractivity contribution in [1.82, 2.24) is 10.6 Å². The van der Waals surface area contributed by atoms with E-state index < -0.39 is 27.0 Å². The van der Waals surface area contributed by atoms with E-state index in [0.29, 0.717) is 28.2 Å². The van der Waals surface area contributed by atoms with Crippen LogP contribution in [0.15, 0.2) is 47.4 Å². The Morgan fingerprint density at radius 1 is 1.18 bits per heavy atom. The molecule has 3 rings (SSSR count). The van der Waals surface area contributed by atoms with Crippen molar-refractivity contribution in [3.63, 3.8) is 0 Å². The third-order valence-electron chi connectivity index (χ3n) is 7.15. The van der Waals surface area contributed by atoms with Crippen LogP contribution in [0, 0.1) is 0 Å². The Kier molecular flexibility index (Phi) is 9.66. The van der Waals surface area contributed by atoms with E-state index >= 15 is 0 Å². The quantitative estimate of drug-likeness (QED) is 0.391. The molecule has 38 heavy (non-hydrogen) atoms. The zero-order valence-electron chi connectivity index (χ0n) is 23.9. The van der Waals surface area contributed by atoms with Gasteiger partial charge in [0.05, 0.1) is 23.8 Å². The van der Waals surface area contributed by atoms with Crippen molar-refractivity contribution in [3.8, 4) is 5.75 Å². The van der Waals surface area contributed by atoms with Crippen LogP contribution in [0.25, 0.3) is 0 Å². The summed E-state index contributed by atoms with van der Waals surface area (Å²) in [6.45, 7) is 11.7. The first-order chi connectivity index (χ1) is 17.8. The fourth-order valence-electron chi connectivity index (χ4n) is 4.99. The Bertz CT molecular complexity index is 1210. The predicted octanol–water partition coefficient (Wildman–Crippen LogP) is 5.32. The molecular formula is C30H44N2O5S. The maximum atomic E-state index is 14.0. The average Bonchev–Trinajstić information content (AvgIpc) is 2.96. The van der Waals surface area contributed by atoms with E-state index in [2.05, 4.69) is 24.5 Å². The molecule has 0 saturated carbocycles. The Balaban J connectivity index is 2.07. The number of rotatable bonds is 10. The number of carbonyl (C=O) groups is 1. The zero-order chi connectivity index (χ0) is 28.1. The Morgan fingerprint density at radius 2 is 1.87 bits per heavy atom. The molecule has 0 amide bonds. The molecule has 1 heterocycles. The third kappa shape index (κ3) is 7.16. The zero-order valence-corrected chi connectivity index (χ0v) is 24.7. The highest BCUT2D eigenvalue weighted by Gasteiger charge is 2.42. The van der Waals surface area contributed by atoms with Crippen LogP contribution in [0.5, 0.6) is 5.75 Å². The standard InChI is InChI=1S/C30H44N2O5S/c1-8-10-16-30(9-2)20-38(34,35)26-17-23(19-31-21(3)28(33)37-29(4,5)6)25(36-7)18-24(26)27(32-30)22-14-12-11-13-15-22/h11-15,17-18,21,27,31-32H,8-10,16,19-20H2,1-7H3/t21-,27+,30+/m0/s1. The van der Waals surface area contributed by atoms with Crippen LogP contribution in [-0.4, -0.2) is 44.4 Å². The van der Waals surface area contributed by atoms with Gasteiger partial charge in [0.2, 0.25) is 0 Å². The van der Waals surface area contributed by atoms with Gasteiger partial charge in [-0.05, 0) is 63.8 Å². The molecule has 2 N–H and O–H groups in total. The molecule has 0 saturated heterocycles. The summed E-state index contributed by atoms with van der Waals surface area (Å²) in [7, 11) is -2.05. The highest BCUT2D eigenvalue weighted by Crippen LogP contribution is 2.40. The van der Waals surface area contributed by atoms with Gasteiger partial charge in [0.15, 0.2) is 9.84 Å². The van der Waals surface area contributed by atoms with Gasteiger partial charge in [-0.25, -0.2) is 8.42 Å². The number of unbranched alkanes of at least 4 members (excludes halogenated alkanes) is 1. The smallest absolute Gasteiger partial charge is 0.323 e. The summed E-state index contributed by atoms with van der Waals surface area (Å²) in [5.74, 6) is 0.235. The molecule has 1 aliphatic rings. The average molecular weight is 545 g/mol. The van der Waals surface area contributed by atoms with Gasteiger partial charge in [-0.3, -0.25) is 10.1 Å². The van der Waals surface area contributed by atoms with Gasteiger partial charge in [-0.15, -0.1) is 0 Å². The van der Waals surface area contributed by atoms with Crippen molar-refractivity contribution >= 4 is 15.8 Å². The number of carbonyl (C=O) groups excluding carboxylic acids is 1. The summed E-state index contributed by atoms with van der Waals surface area (Å²) in [6.07, 6.45) is 3.40. The minimum absolute atomic E-state index is 0.0281. The Morgan fingerprint density at radius 3 is 2.45 bits per heavy atom. The first-order valence-electron chi connectivity index (χ1n) is 13.6. The normalized spacial score (nSPS) is 21.7. The maximum Gasteiger partial charge on any atom is 0.323 e. The number of methoxy groups -OCH3 is 1. The maximum absolute atomic E-state index is 14.0. The molecule has 0 bridgehead atoms. The number of hydrogen-bond acceptors (Lipinski definition) is 7. The van der Waals surface area contributed by atoms with Crippen molar-refractivity contribution in [1.29, 1.82) is 0 Å². The van der Waals surface area contributed by atoms with Crippen molar-refractivity contribution < 1.29 is 22.7 Å². The molecule has 0 aliphatic carbocycles. The van der Waals surface area contributed by atoms with Crippen LogP contribution < -0.4 is 15.4 Å². The lowest BCUT2D eigenvalue weighted by Crippen LogP contribution is -2.50. The van der Waals surface area contributed by atoms with Crippen molar-refractivity contribution in [2.75, 3.05) is 12.9 Å². The fraction of sp³-hybridized carbons (Fsp3) is 0.567. The fourth-order valence-corrected chi connectivity index (χ4v) is 7.17. The molecule has 8 heteroatoms. The summed E-state index contributed by atoms with van der Waals surface area (Å²) in [5, 5.41) is 6.97. The van der Waals surface area contributed by atoms with Gasteiger partial charge in [-0.2, -0.15) is 0 Å². The predicted molar refractivity (Wildman–Crippen MR) is 151 cm³/mol. The van der Waals surface area contributed by atoms with Crippen LogP contribution in [-0.2, 0) is 25.9 Å². The summed E-state index contributed by atoms with van der Waals surface area (Å²) in [5.41, 5.74) is 1.22. The lowest BCUT2D eigenvalue weighted by atomic mass is 9.88. The van der Waals surface area contributed by atoms with Crippen LogP contribution in [0.2, 0.25) is 0 Å². The van der Waals surface area contributed by atoms with Gasteiger partial charge in [0.25, 0.3) is 0 Å². The van der Waals surface area contributed by atoms with E-state index in [0.717, 1.165) is 24.8 Å². The minimum atomic E-state index is -3.63. The number of sulfone groups is 1. The van der Waals surface area contributed by atoms with E-state index in [1.165, 1.54) is 0 Å². The summed E-state index contributed by atoms with van der Waals surface area (Å²) in [4.78, 5) is 12.8. The van der Waals surface area contributed by atoms with Crippen LogP contribution in [0.3, 0.4) is 0 Å². The second-order valence-electron chi connectivity index (χ2n) is 11.3. The number of benzene rings is 2. The van der Waals surface area contributed by atoms with Gasteiger partial charge >= 0.3 is 5.97 Å². The van der Waals surface area contributed by atoms with E-state index in [9.17, 15) is 13.2 Å². The molecule has 1 aliphatic heterocycles. The molecule has 2 aromatic carbocycles. The largest absolute Gasteiger partial charge is 0.496 e. The summed E-state index contributed by atoms with van der Waals surface area (Å²) >= 11 is 0. The molecular weight excluding hydrogens is 500 g/mol. The summed E-state index contributed by atoms with van der Waals surface area (Å²) in [6, 6.07) is 12.7. The number of hydrogen-bond donors (Lipinski definition) is 2. The molecule has 0 fully saturated rings. The minimum Gasteiger partial charge on any atom is -0.496 e. The number of fused-ring (bicyclic) bond motifs is 1. The van der Waals surface area contributed by atoms with E-state index in [1.54, 1.807) is 20.1 Å².